The van der Waals surface area contributed by atoms with E-state index in [4.69, 9.17) is 5.73 Å². The maximum atomic E-state index is 12.4. The maximum absolute atomic E-state index is 12.4. The molecule has 0 bridgehead atoms. The van der Waals surface area contributed by atoms with Gasteiger partial charge in [0.1, 0.15) is 0 Å². The van der Waals surface area contributed by atoms with Gasteiger partial charge >= 0.3 is 0 Å². The lowest BCUT2D eigenvalue weighted by molar-refractivity contribution is 0.601. The van der Waals surface area contributed by atoms with Crippen LogP contribution in [0.2, 0.25) is 0 Å². The van der Waals surface area contributed by atoms with Crippen LogP contribution in [0.15, 0.2) is 78.0 Å². The second-order valence-electron chi connectivity index (χ2n) is 5.12. The van der Waals surface area contributed by atoms with Crippen LogP contribution >= 0.6 is 0 Å². The lowest BCUT2D eigenvalue weighted by atomic mass is 10.2. The third-order valence-electron chi connectivity index (χ3n) is 3.25. The highest BCUT2D eigenvalue weighted by molar-refractivity contribution is 7.92. The van der Waals surface area contributed by atoms with Gasteiger partial charge in [-0.05, 0) is 48.5 Å². The molecule has 122 valence electrons. The van der Waals surface area contributed by atoms with E-state index < -0.39 is 10.0 Å². The molecule has 0 saturated heterocycles. The zero-order valence-corrected chi connectivity index (χ0v) is 13.5. The monoisotopic (exact) mass is 340 g/mol. The van der Waals surface area contributed by atoms with E-state index in [0.717, 1.165) is 11.4 Å². The molecule has 0 amide bonds. The van der Waals surface area contributed by atoms with Gasteiger partial charge in [0.05, 0.1) is 10.6 Å². The molecule has 0 atom stereocenters. The van der Waals surface area contributed by atoms with Crippen molar-refractivity contribution in [1.29, 1.82) is 0 Å². The molecule has 3 aromatic rings. The van der Waals surface area contributed by atoms with Gasteiger partial charge in [-0.25, -0.2) is 8.42 Å². The highest BCUT2D eigenvalue weighted by atomic mass is 32.2. The summed E-state index contributed by atoms with van der Waals surface area (Å²) < 4.78 is 27.4. The van der Waals surface area contributed by atoms with Crippen molar-refractivity contribution in [3.63, 3.8) is 0 Å². The molecule has 0 aliphatic carbocycles. The van der Waals surface area contributed by atoms with Crippen LogP contribution < -0.4 is 15.8 Å². The Balaban J connectivity index is 1.82. The van der Waals surface area contributed by atoms with Crippen LogP contribution in [0, 0.1) is 0 Å². The van der Waals surface area contributed by atoms with Crippen molar-refractivity contribution in [1.82, 2.24) is 4.98 Å². The normalized spacial score (nSPS) is 11.0. The summed E-state index contributed by atoms with van der Waals surface area (Å²) in [5, 5.41) is 3.18. The van der Waals surface area contributed by atoms with E-state index in [1.165, 1.54) is 12.1 Å². The standard InChI is InChI=1S/C17H16N4O2S/c18-13-3-1-6-17(11-13)24(22,23)21-16-5-2-4-15(12-16)20-14-7-9-19-10-8-14/h1-12,21H,18H2,(H,19,20). The Labute approximate surface area is 140 Å². The molecule has 0 fully saturated rings. The largest absolute Gasteiger partial charge is 0.399 e. The highest BCUT2D eigenvalue weighted by Crippen LogP contribution is 2.22. The number of anilines is 4. The molecule has 7 heteroatoms. The Morgan fingerprint density at radius 2 is 1.54 bits per heavy atom. The van der Waals surface area contributed by atoms with Gasteiger partial charge in [-0.2, -0.15) is 0 Å². The molecule has 0 radical (unpaired) electrons. The molecule has 0 spiro atoms. The van der Waals surface area contributed by atoms with Crippen molar-refractivity contribution in [3.05, 3.63) is 73.1 Å². The van der Waals surface area contributed by atoms with Gasteiger partial charge < -0.3 is 11.1 Å². The van der Waals surface area contributed by atoms with Crippen molar-refractivity contribution in [2.45, 2.75) is 4.90 Å². The first-order chi connectivity index (χ1) is 11.5. The van der Waals surface area contributed by atoms with Crippen LogP contribution in [0.1, 0.15) is 0 Å². The van der Waals surface area contributed by atoms with Gasteiger partial charge in [0.25, 0.3) is 10.0 Å². The smallest absolute Gasteiger partial charge is 0.261 e. The van der Waals surface area contributed by atoms with Crippen molar-refractivity contribution in [2.75, 3.05) is 15.8 Å². The number of sulfonamides is 1. The van der Waals surface area contributed by atoms with Crippen LogP contribution in [0.5, 0.6) is 0 Å². The zero-order chi connectivity index (χ0) is 17.0. The third kappa shape index (κ3) is 3.82. The SMILES string of the molecule is Nc1cccc(S(=O)(=O)Nc2cccc(Nc3ccncc3)c2)c1. The van der Waals surface area contributed by atoms with Crippen LogP contribution in [-0.2, 0) is 10.0 Å². The second-order valence-corrected chi connectivity index (χ2v) is 6.80. The quantitative estimate of drug-likeness (QED) is 0.620. The van der Waals surface area contributed by atoms with Crippen LogP contribution in [0.4, 0.5) is 22.7 Å². The molecule has 6 nitrogen and oxygen atoms in total. The average Bonchev–Trinajstić information content (AvgIpc) is 2.56. The fraction of sp³-hybridized carbons (Fsp3) is 0. The Morgan fingerprint density at radius 3 is 2.29 bits per heavy atom. The number of nitrogens with two attached hydrogens (primary N) is 1. The molecule has 0 aliphatic rings. The number of nitrogen functional groups attached to an aromatic ring is 1. The molecule has 0 saturated carbocycles. The van der Waals surface area contributed by atoms with Crippen LogP contribution in [0.25, 0.3) is 0 Å². The van der Waals surface area contributed by atoms with Crippen LogP contribution in [0.3, 0.4) is 0 Å². The van der Waals surface area contributed by atoms with Crippen molar-refractivity contribution in [2.24, 2.45) is 0 Å². The second kappa shape index (κ2) is 6.59. The first-order valence-corrected chi connectivity index (χ1v) is 8.67. The van der Waals surface area contributed by atoms with E-state index in [-0.39, 0.29) is 4.90 Å². The third-order valence-corrected chi connectivity index (χ3v) is 4.63. The predicted octanol–water partition coefficient (Wildman–Crippen LogP) is 3.21. The predicted molar refractivity (Wildman–Crippen MR) is 95.6 cm³/mol. The first kappa shape index (κ1) is 15.8. The van der Waals surface area contributed by atoms with E-state index in [9.17, 15) is 8.42 Å². The summed E-state index contributed by atoms with van der Waals surface area (Å²) in [4.78, 5) is 4.07. The summed E-state index contributed by atoms with van der Waals surface area (Å²) in [7, 11) is -3.69. The molecular weight excluding hydrogens is 324 g/mol. The lowest BCUT2D eigenvalue weighted by Gasteiger charge is -2.11. The topological polar surface area (TPSA) is 97.1 Å². The Morgan fingerprint density at radius 1 is 0.833 bits per heavy atom. The molecule has 2 aromatic carbocycles. The van der Waals surface area contributed by atoms with E-state index in [1.807, 2.05) is 18.2 Å². The number of nitrogens with zero attached hydrogens (tertiary/aromatic N) is 1. The Bertz CT molecular complexity index is 944. The van der Waals surface area contributed by atoms with Gasteiger partial charge in [-0.15, -0.1) is 0 Å². The number of hydrogen-bond acceptors (Lipinski definition) is 5. The maximum Gasteiger partial charge on any atom is 0.261 e. The molecular formula is C17H16N4O2S. The molecule has 1 aromatic heterocycles. The van der Waals surface area contributed by atoms with Crippen molar-refractivity contribution in [3.8, 4) is 0 Å². The summed E-state index contributed by atoms with van der Waals surface area (Å²) >= 11 is 0. The van der Waals surface area contributed by atoms with E-state index in [2.05, 4.69) is 15.0 Å². The number of hydrogen-bond donors (Lipinski definition) is 3. The number of rotatable bonds is 5. The minimum atomic E-state index is -3.69. The highest BCUT2D eigenvalue weighted by Gasteiger charge is 2.14. The molecule has 0 unspecified atom stereocenters. The molecule has 24 heavy (non-hydrogen) atoms. The molecule has 1 heterocycles. The summed E-state index contributed by atoms with van der Waals surface area (Å²) in [6, 6.07) is 16.8. The van der Waals surface area contributed by atoms with Gasteiger partial charge in [0.2, 0.25) is 0 Å². The zero-order valence-electron chi connectivity index (χ0n) is 12.7. The molecule has 3 rings (SSSR count). The van der Waals surface area contributed by atoms with E-state index in [0.29, 0.717) is 11.4 Å². The minimum Gasteiger partial charge on any atom is -0.399 e. The van der Waals surface area contributed by atoms with Gasteiger partial charge in [-0.1, -0.05) is 12.1 Å². The number of aromatic nitrogens is 1. The number of benzene rings is 2. The first-order valence-electron chi connectivity index (χ1n) is 7.18. The number of pyridine rings is 1. The summed E-state index contributed by atoms with van der Waals surface area (Å²) in [5.74, 6) is 0. The van der Waals surface area contributed by atoms with Gasteiger partial charge in [0.15, 0.2) is 0 Å². The minimum absolute atomic E-state index is 0.120. The molecule has 0 aliphatic heterocycles. The van der Waals surface area contributed by atoms with Gasteiger partial charge in [-0.3, -0.25) is 9.71 Å². The Hall–Kier alpha value is -3.06. The summed E-state index contributed by atoms with van der Waals surface area (Å²) in [6.07, 6.45) is 3.35. The van der Waals surface area contributed by atoms with E-state index >= 15 is 0 Å². The fourth-order valence-electron chi connectivity index (χ4n) is 2.16. The fourth-order valence-corrected chi connectivity index (χ4v) is 3.26. The van der Waals surface area contributed by atoms with Crippen LogP contribution in [-0.4, -0.2) is 13.4 Å². The summed E-state index contributed by atoms with van der Waals surface area (Å²) in [6.45, 7) is 0. The van der Waals surface area contributed by atoms with E-state index in [1.54, 1.807) is 42.7 Å². The summed E-state index contributed by atoms with van der Waals surface area (Å²) in [5.41, 5.74) is 8.12. The van der Waals surface area contributed by atoms with Crippen molar-refractivity contribution < 1.29 is 8.42 Å². The van der Waals surface area contributed by atoms with Gasteiger partial charge in [0, 0.05) is 29.5 Å². The Kier molecular flexibility index (Phi) is 4.35. The molecule has 4 N–H and O–H groups in total. The number of nitrogens with one attached hydrogen (secondary N) is 2. The average molecular weight is 340 g/mol. The lowest BCUT2D eigenvalue weighted by Crippen LogP contribution is -2.13. The van der Waals surface area contributed by atoms with Crippen molar-refractivity contribution >= 4 is 32.8 Å².